The van der Waals surface area contributed by atoms with E-state index in [1.165, 1.54) is 22.5 Å². The van der Waals surface area contributed by atoms with E-state index in [0.717, 1.165) is 6.07 Å². The van der Waals surface area contributed by atoms with Crippen LogP contribution in [0.5, 0.6) is 0 Å². The van der Waals surface area contributed by atoms with Crippen LogP contribution in [0.1, 0.15) is 13.3 Å². The number of halogens is 1. The molecule has 0 radical (unpaired) electrons. The number of piperazine rings is 1. The first-order valence-corrected chi connectivity index (χ1v) is 9.03. The van der Waals surface area contributed by atoms with Crippen LogP contribution in [0.4, 0.5) is 4.39 Å². The van der Waals surface area contributed by atoms with Gasteiger partial charge in [0, 0.05) is 32.6 Å². The van der Waals surface area contributed by atoms with Crippen LogP contribution in [0.2, 0.25) is 0 Å². The molecule has 0 aliphatic carbocycles. The lowest BCUT2D eigenvalue weighted by Gasteiger charge is -2.35. The van der Waals surface area contributed by atoms with Gasteiger partial charge in [-0.15, -0.1) is 0 Å². The number of carbonyl (C=O) groups is 1. The first-order valence-electron chi connectivity index (χ1n) is 7.59. The zero-order valence-corrected chi connectivity index (χ0v) is 13.6. The minimum absolute atomic E-state index is 0.104. The number of benzene rings is 1. The van der Waals surface area contributed by atoms with Gasteiger partial charge in [0.05, 0.1) is 0 Å². The average molecular weight is 342 g/mol. The second-order valence-electron chi connectivity index (χ2n) is 5.87. The Morgan fingerprint density at radius 3 is 2.39 bits per heavy atom. The molecule has 2 heterocycles. The van der Waals surface area contributed by atoms with Crippen LogP contribution in [0.25, 0.3) is 0 Å². The smallest absolute Gasteiger partial charge is 0.323 e. The van der Waals surface area contributed by atoms with Gasteiger partial charge in [-0.05, 0) is 19.1 Å². The fourth-order valence-electron chi connectivity index (χ4n) is 3.08. The van der Waals surface area contributed by atoms with Crippen molar-refractivity contribution in [3.8, 4) is 0 Å². The van der Waals surface area contributed by atoms with E-state index >= 15 is 0 Å². The molecule has 0 bridgehead atoms. The van der Waals surface area contributed by atoms with Crippen LogP contribution in [0, 0.1) is 5.82 Å². The summed E-state index contributed by atoms with van der Waals surface area (Å²) in [7, 11) is -3.85. The Bertz CT molecular complexity index is 701. The molecule has 23 heavy (non-hydrogen) atoms. The number of rotatable bonds is 3. The lowest BCUT2D eigenvalue weighted by atomic mass is 10.1. The first-order chi connectivity index (χ1) is 10.9. The normalized spacial score (nSPS) is 27.1. The fourth-order valence-corrected chi connectivity index (χ4v) is 4.57. The molecule has 6 nitrogen and oxygen atoms in total. The fraction of sp³-hybridized carbons (Fsp3) is 0.533. The minimum atomic E-state index is -3.85. The topological polar surface area (TPSA) is 66.9 Å². The van der Waals surface area contributed by atoms with Crippen LogP contribution < -0.4 is 0 Å². The highest BCUT2D eigenvalue weighted by Gasteiger charge is 2.39. The van der Waals surface area contributed by atoms with E-state index in [1.807, 2.05) is 11.8 Å². The van der Waals surface area contributed by atoms with E-state index in [1.54, 1.807) is 0 Å². The van der Waals surface area contributed by atoms with E-state index in [4.69, 9.17) is 4.74 Å². The van der Waals surface area contributed by atoms with Gasteiger partial charge in [0.15, 0.2) is 0 Å². The van der Waals surface area contributed by atoms with Crippen molar-refractivity contribution in [2.24, 2.45) is 0 Å². The summed E-state index contributed by atoms with van der Waals surface area (Å²) in [6, 6.07) is 5.07. The molecule has 0 saturated carbocycles. The molecule has 2 aliphatic heterocycles. The predicted molar refractivity (Wildman–Crippen MR) is 80.7 cm³/mol. The van der Waals surface area contributed by atoms with Crippen molar-refractivity contribution in [3.63, 3.8) is 0 Å². The summed E-state index contributed by atoms with van der Waals surface area (Å²) in [5, 5.41) is 0. The monoisotopic (exact) mass is 342 g/mol. The van der Waals surface area contributed by atoms with E-state index in [0.29, 0.717) is 19.5 Å². The lowest BCUT2D eigenvalue weighted by molar-refractivity contribution is -0.145. The molecule has 126 valence electrons. The van der Waals surface area contributed by atoms with Gasteiger partial charge in [-0.25, -0.2) is 12.8 Å². The minimum Gasteiger partial charge on any atom is -0.461 e. The van der Waals surface area contributed by atoms with Gasteiger partial charge in [0.2, 0.25) is 10.0 Å². The van der Waals surface area contributed by atoms with Gasteiger partial charge in [-0.1, -0.05) is 12.1 Å². The van der Waals surface area contributed by atoms with Crippen molar-refractivity contribution in [2.45, 2.75) is 30.4 Å². The SMILES string of the molecule is C[C@H]1C[C@H](N2CCN(S(=O)(=O)c3ccccc3F)CC2)C(=O)O1. The Kier molecular flexibility index (Phi) is 4.39. The molecule has 2 aliphatic rings. The number of ether oxygens (including phenoxy) is 1. The number of cyclic esters (lactones) is 1. The van der Waals surface area contributed by atoms with Crippen LogP contribution in [0.3, 0.4) is 0 Å². The number of carbonyl (C=O) groups excluding carboxylic acids is 1. The van der Waals surface area contributed by atoms with Crippen LogP contribution in [0.15, 0.2) is 29.2 Å². The van der Waals surface area contributed by atoms with Crippen LogP contribution >= 0.6 is 0 Å². The summed E-state index contributed by atoms with van der Waals surface area (Å²) in [6.45, 7) is 3.17. The molecule has 2 fully saturated rings. The Hall–Kier alpha value is -1.51. The zero-order valence-electron chi connectivity index (χ0n) is 12.8. The molecular weight excluding hydrogens is 323 g/mol. The number of hydrogen-bond donors (Lipinski definition) is 0. The van der Waals surface area contributed by atoms with Gasteiger partial charge >= 0.3 is 5.97 Å². The Balaban J connectivity index is 1.69. The third-order valence-corrected chi connectivity index (χ3v) is 6.24. The lowest BCUT2D eigenvalue weighted by Crippen LogP contribution is -2.53. The van der Waals surface area contributed by atoms with Crippen molar-refractivity contribution in [2.75, 3.05) is 26.2 Å². The van der Waals surface area contributed by atoms with Crippen LogP contribution in [-0.4, -0.2) is 61.9 Å². The molecule has 2 saturated heterocycles. The third-order valence-electron chi connectivity index (χ3n) is 4.31. The molecule has 0 aromatic heterocycles. The zero-order chi connectivity index (χ0) is 16.6. The summed E-state index contributed by atoms with van der Waals surface area (Å²) in [5.41, 5.74) is 0. The molecule has 8 heteroatoms. The number of sulfonamides is 1. The van der Waals surface area contributed by atoms with Crippen molar-refractivity contribution in [1.29, 1.82) is 0 Å². The van der Waals surface area contributed by atoms with Crippen LogP contribution in [-0.2, 0) is 19.6 Å². The van der Waals surface area contributed by atoms with E-state index in [9.17, 15) is 17.6 Å². The standard InChI is InChI=1S/C15H19FN2O4S/c1-11-10-13(15(19)22-11)17-6-8-18(9-7-17)23(20,21)14-5-3-2-4-12(14)16/h2-5,11,13H,6-10H2,1H3/t11-,13-/m0/s1. The predicted octanol–water partition coefficient (Wildman–Crippen LogP) is 0.836. The maximum absolute atomic E-state index is 13.8. The molecule has 2 atom stereocenters. The van der Waals surface area contributed by atoms with E-state index in [-0.39, 0.29) is 36.1 Å². The van der Waals surface area contributed by atoms with Gasteiger partial charge in [0.1, 0.15) is 22.9 Å². The number of hydrogen-bond acceptors (Lipinski definition) is 5. The largest absolute Gasteiger partial charge is 0.461 e. The summed E-state index contributed by atoms with van der Waals surface area (Å²) in [6.07, 6.45) is 0.520. The first kappa shape index (κ1) is 16.4. The van der Waals surface area contributed by atoms with Gasteiger partial charge < -0.3 is 4.74 Å². The Labute approximate surface area is 134 Å². The maximum atomic E-state index is 13.8. The second-order valence-corrected chi connectivity index (χ2v) is 7.78. The summed E-state index contributed by atoms with van der Waals surface area (Å²) >= 11 is 0. The number of nitrogens with zero attached hydrogens (tertiary/aromatic N) is 2. The Morgan fingerprint density at radius 1 is 1.17 bits per heavy atom. The molecule has 0 spiro atoms. The van der Waals surface area contributed by atoms with Crippen molar-refractivity contribution in [1.82, 2.24) is 9.21 Å². The van der Waals surface area contributed by atoms with Gasteiger partial charge in [-0.3, -0.25) is 9.69 Å². The van der Waals surface area contributed by atoms with Crippen molar-refractivity contribution >= 4 is 16.0 Å². The molecular formula is C15H19FN2O4S. The molecule has 1 aromatic rings. The quantitative estimate of drug-likeness (QED) is 0.762. The number of esters is 1. The van der Waals surface area contributed by atoms with E-state index in [2.05, 4.69) is 0 Å². The summed E-state index contributed by atoms with van der Waals surface area (Å²) in [4.78, 5) is 13.4. The van der Waals surface area contributed by atoms with Crippen molar-refractivity contribution < 1.29 is 22.3 Å². The van der Waals surface area contributed by atoms with E-state index < -0.39 is 15.8 Å². The molecule has 1 aromatic carbocycles. The van der Waals surface area contributed by atoms with Gasteiger partial charge in [-0.2, -0.15) is 4.31 Å². The Morgan fingerprint density at radius 2 is 1.83 bits per heavy atom. The molecule has 3 rings (SSSR count). The highest BCUT2D eigenvalue weighted by atomic mass is 32.2. The summed E-state index contributed by atoms with van der Waals surface area (Å²) < 4.78 is 45.2. The highest BCUT2D eigenvalue weighted by molar-refractivity contribution is 7.89. The summed E-state index contributed by atoms with van der Waals surface area (Å²) in [5.74, 6) is -0.994. The molecule has 0 N–H and O–H groups in total. The molecule has 0 amide bonds. The second kappa shape index (κ2) is 6.18. The van der Waals surface area contributed by atoms with Gasteiger partial charge in [0.25, 0.3) is 0 Å². The molecule has 0 unspecified atom stereocenters. The highest BCUT2D eigenvalue weighted by Crippen LogP contribution is 2.24. The van der Waals surface area contributed by atoms with Crippen molar-refractivity contribution in [3.05, 3.63) is 30.1 Å². The maximum Gasteiger partial charge on any atom is 0.323 e. The average Bonchev–Trinajstić information content (AvgIpc) is 2.86. The third kappa shape index (κ3) is 3.11.